The van der Waals surface area contributed by atoms with Gasteiger partial charge in [-0.05, 0) is 158 Å². The fourth-order valence-corrected chi connectivity index (χ4v) is 13.9. The lowest BCUT2D eigenvalue weighted by Crippen LogP contribution is -2.58. The Hall–Kier alpha value is -8.35. The third-order valence-electron chi connectivity index (χ3n) is 18.5. The van der Waals surface area contributed by atoms with Gasteiger partial charge in [0.25, 0.3) is 23.6 Å². The monoisotopic (exact) mass is 1430 g/mol. The maximum Gasteiger partial charge on any atom is 0.417 e. The van der Waals surface area contributed by atoms with Crippen molar-refractivity contribution in [2.24, 2.45) is 0 Å². The number of rotatable bonds is 26. The number of anilines is 2. The van der Waals surface area contributed by atoms with E-state index in [1.807, 2.05) is 44.4 Å². The van der Waals surface area contributed by atoms with E-state index in [1.165, 1.54) is 42.2 Å². The average molecular weight is 1430 g/mol. The van der Waals surface area contributed by atoms with E-state index in [1.54, 1.807) is 81.7 Å². The molecule has 5 heterocycles. The molecule has 25 nitrogen and oxygen atoms in total. The van der Waals surface area contributed by atoms with Crippen molar-refractivity contribution in [3.63, 3.8) is 0 Å². The number of hydrogen-bond donors (Lipinski definition) is 2. The van der Waals surface area contributed by atoms with Gasteiger partial charge in [-0.3, -0.25) is 33.7 Å². The van der Waals surface area contributed by atoms with Crippen molar-refractivity contribution in [3.8, 4) is 23.0 Å². The predicted molar refractivity (Wildman–Crippen MR) is 386 cm³/mol. The number of carbonyl (C=O) groups excluding carboxylic acids is 8. The first-order valence-electron chi connectivity index (χ1n) is 34.2. The van der Waals surface area contributed by atoms with Gasteiger partial charge in [0.2, 0.25) is 11.8 Å². The molecule has 8 rings (SSSR count). The first-order valence-corrected chi connectivity index (χ1v) is 40.1. The Kier molecular flexibility index (Phi) is 24.4. The van der Waals surface area contributed by atoms with E-state index in [4.69, 9.17) is 46.7 Å². The second kappa shape index (κ2) is 31.5. The molecule has 4 atom stereocenters. The Morgan fingerprint density at radius 2 is 0.970 bits per heavy atom. The third kappa shape index (κ3) is 19.2. The molecule has 0 bridgehead atoms. The maximum absolute atomic E-state index is 15.0. The highest BCUT2D eigenvalue weighted by molar-refractivity contribution is 6.74. The number of ether oxygens (including phenoxy) is 8. The van der Waals surface area contributed by atoms with Crippen LogP contribution in [0.25, 0.3) is 6.08 Å². The number of amides is 8. The number of carbonyl (C=O) groups is 8. The topological polar surface area (TPSA) is 269 Å². The van der Waals surface area contributed by atoms with Gasteiger partial charge in [0.15, 0.2) is 52.1 Å². The van der Waals surface area contributed by atoms with Crippen LogP contribution in [0, 0.1) is 0 Å². The molecule has 27 heteroatoms. The highest BCUT2D eigenvalue weighted by Gasteiger charge is 2.53. The van der Waals surface area contributed by atoms with Gasteiger partial charge in [-0.1, -0.05) is 52.7 Å². The summed E-state index contributed by atoms with van der Waals surface area (Å²) >= 11 is 0. The fraction of sp³-hybridized carbons (Fsp3) is 0.541. The summed E-state index contributed by atoms with van der Waals surface area (Å²) in [5.74, 6) is -1.59. The van der Waals surface area contributed by atoms with Gasteiger partial charge in [-0.25, -0.2) is 19.4 Å². The molecule has 5 aliphatic heterocycles. The van der Waals surface area contributed by atoms with Crippen LogP contribution < -0.4 is 39.4 Å². The molecule has 101 heavy (non-hydrogen) atoms. The van der Waals surface area contributed by atoms with Crippen LogP contribution in [0.1, 0.15) is 154 Å². The molecule has 0 saturated heterocycles. The average Bonchev–Trinajstić information content (AvgIpc) is 1.62. The molecule has 5 aliphatic rings. The summed E-state index contributed by atoms with van der Waals surface area (Å²) in [6.45, 7) is 36.6. The van der Waals surface area contributed by atoms with Crippen molar-refractivity contribution in [1.82, 2.24) is 25.3 Å². The maximum atomic E-state index is 15.0. The van der Waals surface area contributed by atoms with Crippen molar-refractivity contribution in [1.29, 1.82) is 0 Å². The Morgan fingerprint density at radius 1 is 0.554 bits per heavy atom. The molecular weight excluding hydrogens is 1330 g/mol. The number of imide groups is 1. The van der Waals surface area contributed by atoms with Crippen molar-refractivity contribution >= 4 is 81.7 Å². The summed E-state index contributed by atoms with van der Waals surface area (Å²) in [4.78, 5) is 116. The highest BCUT2D eigenvalue weighted by atomic mass is 28.4. The smallest absolute Gasteiger partial charge is 0.417 e. The van der Waals surface area contributed by atoms with Crippen molar-refractivity contribution < 1.29 is 85.1 Å². The lowest BCUT2D eigenvalue weighted by atomic mass is 10.1. The second-order valence-corrected chi connectivity index (χ2v) is 40.5. The van der Waals surface area contributed by atoms with Gasteiger partial charge in [-0.15, -0.1) is 0 Å². The van der Waals surface area contributed by atoms with Crippen LogP contribution in [0.15, 0.2) is 84.2 Å². The Labute approximate surface area is 596 Å². The Bertz CT molecular complexity index is 3570. The van der Waals surface area contributed by atoms with Crippen LogP contribution in [-0.2, 0) is 60.2 Å². The number of fused-ring (bicyclic) bond motifs is 4. The fourth-order valence-electron chi connectivity index (χ4n) is 11.4. The van der Waals surface area contributed by atoms with E-state index in [0.29, 0.717) is 29.5 Å². The van der Waals surface area contributed by atoms with Gasteiger partial charge in [0.1, 0.15) is 24.4 Å². The van der Waals surface area contributed by atoms with Crippen LogP contribution in [-0.4, -0.2) is 175 Å². The summed E-state index contributed by atoms with van der Waals surface area (Å²) in [5, 5.41) is 4.94. The normalized spacial score (nSPS) is 18.8. The zero-order valence-electron chi connectivity index (χ0n) is 62.4. The molecule has 0 saturated carbocycles. The predicted octanol–water partition coefficient (Wildman–Crippen LogP) is 11.9. The molecule has 0 fully saturated rings. The van der Waals surface area contributed by atoms with Gasteiger partial charge in [0.05, 0.1) is 75.2 Å². The molecule has 2 N–H and O–H groups in total. The first kappa shape index (κ1) is 78.4. The largest absolute Gasteiger partial charge is 0.493 e. The SMILES string of the molecule is COc1cc2c(cc1OCc1cc(/C=C/C(=O)NCCOCCOCCNC(=O)CCN3C(=O)C=CC3=O)cc(COc3cc4c(cc3OC)C(=O)N3C=C(C)C[C@H]3[C@H](O[Si](C)(C)C(C)(C)C)N4C(=O)OC(C)(C)C)c1)N(C(=O)OC(C)(C)C)[C@@H](O[Si](C)(C)C(C)(C)C)[C@@H]1CC(C)=CN1C2=O. The number of hydrogen-bond acceptors (Lipinski definition) is 18. The zero-order valence-corrected chi connectivity index (χ0v) is 64.4. The lowest BCUT2D eigenvalue weighted by molar-refractivity contribution is -0.137. The molecule has 0 unspecified atom stereocenters. The third-order valence-corrected chi connectivity index (χ3v) is 27.4. The summed E-state index contributed by atoms with van der Waals surface area (Å²) in [6, 6.07) is 10.7. The number of benzene rings is 3. The highest BCUT2D eigenvalue weighted by Crippen LogP contribution is 2.49. The Morgan fingerprint density at radius 3 is 1.37 bits per heavy atom. The molecule has 3 aromatic carbocycles. The quantitative estimate of drug-likeness (QED) is 0.0327. The molecule has 8 amide bonds. The summed E-state index contributed by atoms with van der Waals surface area (Å²) < 4.78 is 63.5. The second-order valence-electron chi connectivity index (χ2n) is 31.0. The zero-order chi connectivity index (χ0) is 74.5. The molecule has 0 radical (unpaired) electrons. The van der Waals surface area contributed by atoms with Crippen molar-refractivity contribution in [3.05, 3.63) is 112 Å². The van der Waals surface area contributed by atoms with E-state index in [0.717, 1.165) is 16.0 Å². The van der Waals surface area contributed by atoms with E-state index in [-0.39, 0.29) is 139 Å². The van der Waals surface area contributed by atoms with Crippen LogP contribution >= 0.6 is 0 Å². The van der Waals surface area contributed by atoms with Gasteiger partial charge < -0.3 is 67.2 Å². The minimum absolute atomic E-state index is 0.0155. The van der Waals surface area contributed by atoms with Gasteiger partial charge in [-0.2, -0.15) is 0 Å². The van der Waals surface area contributed by atoms with E-state index < -0.39 is 82.3 Å². The van der Waals surface area contributed by atoms with Gasteiger partial charge >= 0.3 is 12.2 Å². The standard InChI is InChI=1S/C74H103N7O18Si2/c1-46-33-55-67(98-100(17,18)73(9,10)11)80(69(88)96-71(3,4)5)53-40-59(57(90-15)38-51(53)65(86)78(55)42-46)94-44-49-35-48(21-22-61(82)75-26-29-92-31-32-93-30-27-76-62(83)25-28-77-63(84)23-24-64(77)85)36-50(37-49)45-95-60-41-54-52(39-58(60)91-16)66(87)79-43-47(2)34-56(79)68(99-101(19,20)74(12,13)14)81(54)70(89)97-72(6,7)8/h21-24,35-43,55-56,67-68H,25-34,44-45H2,1-20H3,(H,75,82)(H,76,83)/b22-21+/t55-,56-,67-,68-/m0/s1. The minimum atomic E-state index is -2.70. The van der Waals surface area contributed by atoms with Crippen LogP contribution in [0.2, 0.25) is 36.3 Å². The van der Waals surface area contributed by atoms with Crippen LogP contribution in [0.3, 0.4) is 0 Å². The summed E-state index contributed by atoms with van der Waals surface area (Å²) in [5.41, 5.74) is 2.50. The van der Waals surface area contributed by atoms with E-state index in [9.17, 15) is 38.4 Å². The van der Waals surface area contributed by atoms with E-state index >= 15 is 0 Å². The number of nitrogens with zero attached hydrogens (tertiary/aromatic N) is 5. The molecule has 0 spiro atoms. The van der Waals surface area contributed by atoms with Crippen LogP contribution in [0.5, 0.6) is 23.0 Å². The number of nitrogens with one attached hydrogen (secondary N) is 2. The minimum Gasteiger partial charge on any atom is -0.493 e. The lowest BCUT2D eigenvalue weighted by Gasteiger charge is -2.44. The molecule has 3 aromatic rings. The van der Waals surface area contributed by atoms with Crippen LogP contribution in [0.4, 0.5) is 21.0 Å². The van der Waals surface area contributed by atoms with Crippen molar-refractivity contribution in [2.75, 3.05) is 70.1 Å². The molecule has 0 aliphatic carbocycles. The van der Waals surface area contributed by atoms with E-state index in [2.05, 4.69) is 78.4 Å². The van der Waals surface area contributed by atoms with Crippen molar-refractivity contribution in [2.45, 2.75) is 201 Å². The number of methoxy groups -OCH3 is 2. The summed E-state index contributed by atoms with van der Waals surface area (Å²) in [6.07, 6.45) is 6.45. The molecule has 0 aromatic heterocycles. The molecule has 550 valence electrons. The van der Waals surface area contributed by atoms with Gasteiger partial charge in [0, 0.05) is 68.8 Å². The summed E-state index contributed by atoms with van der Waals surface area (Å²) in [7, 11) is -2.48. The molecular formula is C74H103N7O18Si2. The Balaban J connectivity index is 1.09. The first-order chi connectivity index (χ1) is 47.1.